The van der Waals surface area contributed by atoms with Gasteiger partial charge in [0.1, 0.15) is 0 Å². The molecule has 0 aliphatic heterocycles. The summed E-state index contributed by atoms with van der Waals surface area (Å²) in [5.74, 6) is 0. The van der Waals surface area contributed by atoms with Gasteiger partial charge in [0, 0.05) is 19.1 Å². The van der Waals surface area contributed by atoms with Gasteiger partial charge in [0.25, 0.3) is 0 Å². The first kappa shape index (κ1) is 24.4. The smallest absolute Gasteiger partial charge is 0.203 e. The first-order valence-corrected chi connectivity index (χ1v) is 12.6. The predicted molar refractivity (Wildman–Crippen MR) is 138 cm³/mol. The van der Waals surface area contributed by atoms with E-state index in [4.69, 9.17) is 0 Å². The fraction of sp³-hybridized carbons (Fsp3) is 0.172. The molecule has 3 aromatic rings. The van der Waals surface area contributed by atoms with Crippen molar-refractivity contribution in [2.24, 2.45) is 0 Å². The summed E-state index contributed by atoms with van der Waals surface area (Å²) in [4.78, 5) is 2.66. The van der Waals surface area contributed by atoms with Crippen LogP contribution in [0.4, 0.5) is 0 Å². The molecule has 0 radical (unpaired) electrons. The lowest BCUT2D eigenvalue weighted by molar-refractivity contribution is 0.241. The Balaban J connectivity index is 1.94. The van der Waals surface area contributed by atoms with Crippen LogP contribution in [-0.2, 0) is 22.8 Å². The highest BCUT2D eigenvalue weighted by atomic mass is 32.2. The van der Waals surface area contributed by atoms with Crippen LogP contribution in [0.5, 0.6) is 0 Å². The van der Waals surface area contributed by atoms with Gasteiger partial charge in [-0.05, 0) is 36.6 Å². The van der Waals surface area contributed by atoms with Crippen LogP contribution in [-0.4, -0.2) is 25.9 Å². The third-order valence-corrected chi connectivity index (χ3v) is 7.22. The van der Waals surface area contributed by atoms with Crippen molar-refractivity contribution in [1.29, 1.82) is 0 Å². The third-order valence-electron chi connectivity index (χ3n) is 5.43. The molecule has 3 nitrogen and oxygen atoms in total. The zero-order valence-electron chi connectivity index (χ0n) is 19.0. The maximum atomic E-state index is 13.2. The van der Waals surface area contributed by atoms with E-state index in [2.05, 4.69) is 41.8 Å². The first-order valence-electron chi connectivity index (χ1n) is 11.1. The Labute approximate surface area is 198 Å². The molecule has 170 valence electrons. The Morgan fingerprint density at radius 3 is 1.97 bits per heavy atom. The van der Waals surface area contributed by atoms with Crippen LogP contribution in [0.1, 0.15) is 18.1 Å². The van der Waals surface area contributed by atoms with Crippen LogP contribution in [0.3, 0.4) is 0 Å². The molecule has 1 atom stereocenters. The van der Waals surface area contributed by atoms with Gasteiger partial charge in [-0.1, -0.05) is 110 Å². The van der Waals surface area contributed by atoms with E-state index in [1.165, 1.54) is 5.56 Å². The molecule has 0 heterocycles. The Morgan fingerprint density at radius 2 is 1.39 bits per heavy atom. The minimum absolute atomic E-state index is 0.00784. The molecule has 0 aliphatic carbocycles. The van der Waals surface area contributed by atoms with Gasteiger partial charge < -0.3 is 0 Å². The van der Waals surface area contributed by atoms with E-state index in [1.807, 2.05) is 67.6 Å². The average molecular weight is 458 g/mol. The molecule has 0 N–H and O–H groups in total. The fourth-order valence-corrected chi connectivity index (χ4v) is 4.85. The summed E-state index contributed by atoms with van der Waals surface area (Å²) < 4.78 is 26.4. The molecule has 0 bridgehead atoms. The second kappa shape index (κ2) is 12.1. The molecule has 0 saturated heterocycles. The maximum absolute atomic E-state index is 13.2. The molecule has 0 spiro atoms. The van der Waals surface area contributed by atoms with Crippen molar-refractivity contribution in [3.05, 3.63) is 138 Å². The standard InChI is InChI=1S/C29H31NO2S/c1-3-4-8-19-28(22-26-15-9-5-10-16-26)30(24-27-17-11-6-12-18-27)23-25(2)33(31,32)29-20-13-7-14-21-29/h3-21,28H,2,22-24H2,1H3/b4-3+,19-8-/t28-/m1/s1. The van der Waals surface area contributed by atoms with Gasteiger partial charge >= 0.3 is 0 Å². The second-order valence-electron chi connectivity index (χ2n) is 7.91. The minimum Gasteiger partial charge on any atom is -0.287 e. The predicted octanol–water partition coefficient (Wildman–Crippen LogP) is 6.22. The Morgan fingerprint density at radius 1 is 0.848 bits per heavy atom. The van der Waals surface area contributed by atoms with Gasteiger partial charge in [0.15, 0.2) is 0 Å². The lowest BCUT2D eigenvalue weighted by Crippen LogP contribution is -2.37. The van der Waals surface area contributed by atoms with Crippen LogP contribution in [0.15, 0.2) is 132 Å². The quantitative estimate of drug-likeness (QED) is 0.321. The van der Waals surface area contributed by atoms with Crippen molar-refractivity contribution in [2.75, 3.05) is 6.54 Å². The highest BCUT2D eigenvalue weighted by Crippen LogP contribution is 2.22. The summed E-state index contributed by atoms with van der Waals surface area (Å²) in [5, 5.41) is 0. The van der Waals surface area contributed by atoms with Crippen molar-refractivity contribution in [2.45, 2.75) is 30.8 Å². The van der Waals surface area contributed by atoms with Crippen molar-refractivity contribution in [3.8, 4) is 0 Å². The van der Waals surface area contributed by atoms with Crippen LogP contribution >= 0.6 is 0 Å². The van der Waals surface area contributed by atoms with Gasteiger partial charge in [0.05, 0.1) is 9.80 Å². The lowest BCUT2D eigenvalue weighted by atomic mass is 10.0. The molecule has 3 aromatic carbocycles. The van der Waals surface area contributed by atoms with Gasteiger partial charge in [-0.2, -0.15) is 0 Å². The number of benzene rings is 3. The number of sulfone groups is 1. The molecule has 0 amide bonds. The zero-order chi connectivity index (χ0) is 23.5. The topological polar surface area (TPSA) is 37.4 Å². The summed E-state index contributed by atoms with van der Waals surface area (Å²) >= 11 is 0. The van der Waals surface area contributed by atoms with Crippen molar-refractivity contribution >= 4 is 9.84 Å². The number of rotatable bonds is 11. The third kappa shape index (κ3) is 7.14. The number of allylic oxidation sites excluding steroid dienone is 3. The van der Waals surface area contributed by atoms with Crippen molar-refractivity contribution in [3.63, 3.8) is 0 Å². The molecule has 0 saturated carbocycles. The average Bonchev–Trinajstić information content (AvgIpc) is 2.85. The second-order valence-corrected chi connectivity index (χ2v) is 9.97. The van der Waals surface area contributed by atoms with Gasteiger partial charge in [-0.25, -0.2) is 8.42 Å². The molecule has 0 aliphatic rings. The van der Waals surface area contributed by atoms with E-state index in [0.29, 0.717) is 6.54 Å². The number of hydrogen-bond acceptors (Lipinski definition) is 3. The molecule has 4 heteroatoms. The van der Waals surface area contributed by atoms with Crippen LogP contribution in [0.25, 0.3) is 0 Å². The molecule has 3 rings (SSSR count). The van der Waals surface area contributed by atoms with Crippen LogP contribution in [0, 0.1) is 0 Å². The van der Waals surface area contributed by atoms with E-state index in [-0.39, 0.29) is 22.4 Å². The van der Waals surface area contributed by atoms with Crippen molar-refractivity contribution in [1.82, 2.24) is 4.90 Å². The van der Waals surface area contributed by atoms with Crippen molar-refractivity contribution < 1.29 is 8.42 Å². The van der Waals surface area contributed by atoms with E-state index in [1.54, 1.807) is 24.3 Å². The van der Waals surface area contributed by atoms with Gasteiger partial charge in [-0.3, -0.25) is 4.90 Å². The van der Waals surface area contributed by atoms with E-state index in [9.17, 15) is 8.42 Å². The van der Waals surface area contributed by atoms with Gasteiger partial charge in [-0.15, -0.1) is 0 Å². The van der Waals surface area contributed by atoms with E-state index in [0.717, 1.165) is 12.0 Å². The van der Waals surface area contributed by atoms with E-state index >= 15 is 0 Å². The largest absolute Gasteiger partial charge is 0.287 e. The SMILES string of the molecule is C=C(CN(Cc1ccccc1)[C@H](/C=C\C=C\C)Cc1ccccc1)S(=O)(=O)c1ccccc1. The van der Waals surface area contributed by atoms with Gasteiger partial charge in [0.2, 0.25) is 9.84 Å². The maximum Gasteiger partial charge on any atom is 0.203 e. The Bertz CT molecular complexity index is 1170. The summed E-state index contributed by atoms with van der Waals surface area (Å²) in [5.41, 5.74) is 2.32. The molecule has 0 aromatic heterocycles. The molecule has 0 unspecified atom stereocenters. The van der Waals surface area contributed by atoms with E-state index < -0.39 is 9.84 Å². The number of hydrogen-bond donors (Lipinski definition) is 0. The highest BCUT2D eigenvalue weighted by molar-refractivity contribution is 7.95. The molecular weight excluding hydrogens is 426 g/mol. The zero-order valence-corrected chi connectivity index (χ0v) is 19.9. The summed E-state index contributed by atoms with van der Waals surface area (Å²) in [6.07, 6.45) is 8.91. The monoisotopic (exact) mass is 457 g/mol. The fourth-order valence-electron chi connectivity index (χ4n) is 3.66. The Hall–Kier alpha value is -3.21. The van der Waals surface area contributed by atoms with Crippen LogP contribution in [0.2, 0.25) is 0 Å². The number of nitrogens with zero attached hydrogens (tertiary/aromatic N) is 1. The summed E-state index contributed by atoms with van der Waals surface area (Å²) in [7, 11) is -3.63. The minimum atomic E-state index is -3.63. The molecular formula is C29H31NO2S. The molecule has 33 heavy (non-hydrogen) atoms. The first-order chi connectivity index (χ1) is 16.0. The van der Waals surface area contributed by atoms with Crippen LogP contribution < -0.4 is 0 Å². The summed E-state index contributed by atoms with van der Waals surface area (Å²) in [6.45, 7) is 6.83. The Kier molecular flexibility index (Phi) is 8.99. The normalized spacial score (nSPS) is 13.0. The summed E-state index contributed by atoms with van der Waals surface area (Å²) in [6, 6.07) is 28.9. The molecule has 0 fully saturated rings. The highest BCUT2D eigenvalue weighted by Gasteiger charge is 2.24. The lowest BCUT2D eigenvalue weighted by Gasteiger charge is -2.31.